The van der Waals surface area contributed by atoms with Crippen molar-refractivity contribution in [3.8, 4) is 0 Å². The monoisotopic (exact) mass is 128 g/mol. The highest BCUT2D eigenvalue weighted by Crippen LogP contribution is 2.17. The smallest absolute Gasteiger partial charge is 0.0659 e. The average molecular weight is 128 g/mol. The summed E-state index contributed by atoms with van der Waals surface area (Å²) in [6.45, 7) is 0.637. The van der Waals surface area contributed by atoms with Crippen molar-refractivity contribution < 1.29 is 9.84 Å². The molecule has 2 nitrogen and oxygen atoms in total. The van der Waals surface area contributed by atoms with E-state index in [-0.39, 0.29) is 12.0 Å². The minimum atomic E-state index is -0.204. The zero-order chi connectivity index (χ0) is 6.69. The van der Waals surface area contributed by atoms with Gasteiger partial charge in [-0.2, -0.15) is 0 Å². The Balaban J connectivity index is 2.31. The summed E-state index contributed by atoms with van der Waals surface area (Å²) in [5.74, 6) is 0.231. The molecule has 0 aromatic rings. The van der Waals surface area contributed by atoms with E-state index in [1.54, 1.807) is 7.11 Å². The summed E-state index contributed by atoms with van der Waals surface area (Å²) in [5.41, 5.74) is 0. The Bertz CT molecular complexity index is 109. The summed E-state index contributed by atoms with van der Waals surface area (Å²) in [4.78, 5) is 0. The fourth-order valence-corrected chi connectivity index (χ4v) is 1.05. The van der Waals surface area contributed by atoms with Crippen LogP contribution in [-0.4, -0.2) is 24.9 Å². The fraction of sp³-hybridized carbons (Fsp3) is 0.714. The predicted octanol–water partition coefficient (Wildman–Crippen LogP) is 0.570. The normalized spacial score (nSPS) is 33.6. The zero-order valence-corrected chi connectivity index (χ0v) is 5.58. The first-order valence-electron chi connectivity index (χ1n) is 3.18. The third-order valence-electron chi connectivity index (χ3n) is 1.61. The van der Waals surface area contributed by atoms with Crippen molar-refractivity contribution in [1.29, 1.82) is 0 Å². The van der Waals surface area contributed by atoms with Crippen LogP contribution in [0.4, 0.5) is 0 Å². The van der Waals surface area contributed by atoms with Crippen LogP contribution in [0.3, 0.4) is 0 Å². The molecule has 9 heavy (non-hydrogen) atoms. The molecule has 0 spiro atoms. The maximum Gasteiger partial charge on any atom is 0.0659 e. The molecule has 0 heterocycles. The van der Waals surface area contributed by atoms with Gasteiger partial charge in [-0.05, 0) is 6.42 Å². The molecule has 0 radical (unpaired) electrons. The molecule has 1 N–H and O–H groups in total. The average Bonchev–Trinajstić information content (AvgIpc) is 2.18. The van der Waals surface area contributed by atoms with Crippen LogP contribution in [0.25, 0.3) is 0 Å². The van der Waals surface area contributed by atoms with Gasteiger partial charge in [-0.25, -0.2) is 0 Å². The molecular formula is C7H12O2. The largest absolute Gasteiger partial charge is 0.392 e. The molecular weight excluding hydrogens is 116 g/mol. The second-order valence-corrected chi connectivity index (χ2v) is 2.35. The number of hydrogen-bond donors (Lipinski definition) is 1. The van der Waals surface area contributed by atoms with Crippen LogP contribution in [0.1, 0.15) is 6.42 Å². The van der Waals surface area contributed by atoms with E-state index in [4.69, 9.17) is 4.74 Å². The van der Waals surface area contributed by atoms with Crippen LogP contribution < -0.4 is 0 Å². The Labute approximate surface area is 55.1 Å². The van der Waals surface area contributed by atoms with Gasteiger partial charge in [0.1, 0.15) is 0 Å². The van der Waals surface area contributed by atoms with Gasteiger partial charge in [0.15, 0.2) is 0 Å². The molecule has 0 saturated heterocycles. The number of hydrogen-bond acceptors (Lipinski definition) is 2. The van der Waals surface area contributed by atoms with Crippen molar-refractivity contribution in [2.45, 2.75) is 12.5 Å². The minimum Gasteiger partial charge on any atom is -0.392 e. The Hall–Kier alpha value is -0.340. The van der Waals surface area contributed by atoms with Crippen molar-refractivity contribution in [1.82, 2.24) is 0 Å². The standard InChI is InChI=1S/C7H12O2/c1-9-5-6-3-2-4-7(6)8/h2-3,6-8H,4-5H2,1H3. The van der Waals surface area contributed by atoms with E-state index in [1.807, 2.05) is 12.2 Å². The first-order valence-corrected chi connectivity index (χ1v) is 3.18. The Kier molecular flexibility index (Phi) is 2.25. The van der Waals surface area contributed by atoms with Crippen molar-refractivity contribution >= 4 is 0 Å². The van der Waals surface area contributed by atoms with E-state index in [2.05, 4.69) is 0 Å². The van der Waals surface area contributed by atoms with Crippen molar-refractivity contribution in [2.75, 3.05) is 13.7 Å². The van der Waals surface area contributed by atoms with Gasteiger partial charge in [-0.15, -0.1) is 0 Å². The van der Waals surface area contributed by atoms with Crippen LogP contribution in [-0.2, 0) is 4.74 Å². The molecule has 0 aliphatic heterocycles. The molecule has 0 bridgehead atoms. The van der Waals surface area contributed by atoms with E-state index in [0.717, 1.165) is 6.42 Å². The molecule has 2 atom stereocenters. The van der Waals surface area contributed by atoms with Crippen LogP contribution >= 0.6 is 0 Å². The van der Waals surface area contributed by atoms with E-state index in [0.29, 0.717) is 6.61 Å². The maximum atomic E-state index is 9.18. The van der Waals surface area contributed by atoms with Crippen molar-refractivity contribution in [3.05, 3.63) is 12.2 Å². The second kappa shape index (κ2) is 2.99. The first kappa shape index (κ1) is 6.78. The third kappa shape index (κ3) is 1.53. The second-order valence-electron chi connectivity index (χ2n) is 2.35. The summed E-state index contributed by atoms with van der Waals surface area (Å²) in [7, 11) is 1.65. The lowest BCUT2D eigenvalue weighted by atomic mass is 10.1. The molecule has 0 fully saturated rings. The molecule has 0 amide bonds. The van der Waals surface area contributed by atoms with Crippen LogP contribution in [0.15, 0.2) is 12.2 Å². The third-order valence-corrected chi connectivity index (χ3v) is 1.61. The van der Waals surface area contributed by atoms with Gasteiger partial charge in [0.2, 0.25) is 0 Å². The Morgan fingerprint density at radius 3 is 3.00 bits per heavy atom. The van der Waals surface area contributed by atoms with E-state index in [9.17, 15) is 5.11 Å². The molecule has 2 unspecified atom stereocenters. The van der Waals surface area contributed by atoms with E-state index in [1.165, 1.54) is 0 Å². The van der Waals surface area contributed by atoms with Gasteiger partial charge >= 0.3 is 0 Å². The summed E-state index contributed by atoms with van der Waals surface area (Å²) < 4.78 is 4.88. The predicted molar refractivity (Wildman–Crippen MR) is 35.1 cm³/mol. The van der Waals surface area contributed by atoms with Gasteiger partial charge in [-0.1, -0.05) is 12.2 Å². The topological polar surface area (TPSA) is 29.5 Å². The van der Waals surface area contributed by atoms with Gasteiger partial charge in [0.25, 0.3) is 0 Å². The zero-order valence-electron chi connectivity index (χ0n) is 5.58. The van der Waals surface area contributed by atoms with Crippen LogP contribution in [0, 0.1) is 5.92 Å². The number of aliphatic hydroxyl groups is 1. The van der Waals surface area contributed by atoms with Crippen molar-refractivity contribution in [3.63, 3.8) is 0 Å². The summed E-state index contributed by atoms with van der Waals surface area (Å²) in [5, 5.41) is 9.18. The molecule has 1 aliphatic rings. The fourth-order valence-electron chi connectivity index (χ4n) is 1.05. The molecule has 52 valence electrons. The lowest BCUT2D eigenvalue weighted by Gasteiger charge is -2.10. The van der Waals surface area contributed by atoms with E-state index < -0.39 is 0 Å². The molecule has 2 heteroatoms. The number of methoxy groups -OCH3 is 1. The molecule has 0 aromatic heterocycles. The van der Waals surface area contributed by atoms with Gasteiger partial charge in [-0.3, -0.25) is 0 Å². The first-order chi connectivity index (χ1) is 4.34. The van der Waals surface area contributed by atoms with Gasteiger partial charge < -0.3 is 9.84 Å². The van der Waals surface area contributed by atoms with Gasteiger partial charge in [0, 0.05) is 13.0 Å². The number of aliphatic hydroxyl groups excluding tert-OH is 1. The summed E-state index contributed by atoms with van der Waals surface area (Å²) in [6, 6.07) is 0. The SMILES string of the molecule is COCC1C=CCC1O. The van der Waals surface area contributed by atoms with Gasteiger partial charge in [0.05, 0.1) is 12.7 Å². The Morgan fingerprint density at radius 1 is 1.78 bits per heavy atom. The highest BCUT2D eigenvalue weighted by Gasteiger charge is 2.18. The highest BCUT2D eigenvalue weighted by molar-refractivity contribution is 5.01. The molecule has 1 rings (SSSR count). The Morgan fingerprint density at radius 2 is 2.56 bits per heavy atom. The summed E-state index contributed by atoms with van der Waals surface area (Å²) >= 11 is 0. The quantitative estimate of drug-likeness (QED) is 0.551. The minimum absolute atomic E-state index is 0.204. The lowest BCUT2D eigenvalue weighted by Crippen LogP contribution is -2.17. The number of rotatable bonds is 2. The highest BCUT2D eigenvalue weighted by atomic mass is 16.5. The molecule has 1 aliphatic carbocycles. The van der Waals surface area contributed by atoms with E-state index >= 15 is 0 Å². The van der Waals surface area contributed by atoms with Crippen LogP contribution in [0.5, 0.6) is 0 Å². The summed E-state index contributed by atoms with van der Waals surface area (Å²) in [6.07, 6.45) is 4.58. The maximum absolute atomic E-state index is 9.18. The van der Waals surface area contributed by atoms with Crippen LogP contribution in [0.2, 0.25) is 0 Å². The molecule has 0 aromatic carbocycles. The molecule has 0 saturated carbocycles. The van der Waals surface area contributed by atoms with Crippen molar-refractivity contribution in [2.24, 2.45) is 5.92 Å². The lowest BCUT2D eigenvalue weighted by molar-refractivity contribution is 0.0809. The number of ether oxygens (including phenoxy) is 1.